The molecule has 0 saturated heterocycles. The monoisotopic (exact) mass is 288 g/mol. The number of carbonyl (C=O) groups excluding carboxylic acids is 1. The summed E-state index contributed by atoms with van der Waals surface area (Å²) in [6.07, 6.45) is 0. The zero-order valence-electron chi connectivity index (χ0n) is 11.9. The van der Waals surface area contributed by atoms with E-state index in [4.69, 9.17) is 10.6 Å². The number of benzene rings is 2. The van der Waals surface area contributed by atoms with Gasteiger partial charge < -0.3 is 4.74 Å². The Labute approximate surface area is 122 Å². The molecule has 0 heterocycles. The Balaban J connectivity index is 2.15. The Morgan fingerprint density at radius 1 is 1.19 bits per heavy atom. The fourth-order valence-electron chi connectivity index (χ4n) is 1.87. The molecule has 110 valence electrons. The lowest BCUT2D eigenvalue weighted by Crippen LogP contribution is -2.30. The summed E-state index contributed by atoms with van der Waals surface area (Å²) >= 11 is 0. The SMILES string of the molecule is Cc1ccc(OCc2cc(C(=O)NN)ccc2F)cc1C. The molecule has 4 nitrogen and oxygen atoms in total. The first-order valence-electron chi connectivity index (χ1n) is 6.50. The highest BCUT2D eigenvalue weighted by atomic mass is 19.1. The molecule has 0 spiro atoms. The summed E-state index contributed by atoms with van der Waals surface area (Å²) in [5.41, 5.74) is 4.87. The van der Waals surface area contributed by atoms with Crippen molar-refractivity contribution < 1.29 is 13.9 Å². The normalized spacial score (nSPS) is 10.3. The minimum Gasteiger partial charge on any atom is -0.489 e. The van der Waals surface area contributed by atoms with Gasteiger partial charge in [-0.05, 0) is 55.3 Å². The third-order valence-electron chi connectivity index (χ3n) is 3.31. The van der Waals surface area contributed by atoms with Crippen molar-refractivity contribution in [3.63, 3.8) is 0 Å². The Morgan fingerprint density at radius 3 is 2.62 bits per heavy atom. The number of ether oxygens (including phenoxy) is 1. The van der Waals surface area contributed by atoms with Crippen LogP contribution in [0.1, 0.15) is 27.0 Å². The Kier molecular flexibility index (Phi) is 4.55. The van der Waals surface area contributed by atoms with Crippen LogP contribution in [0.5, 0.6) is 5.75 Å². The van der Waals surface area contributed by atoms with E-state index < -0.39 is 11.7 Å². The maximum absolute atomic E-state index is 13.7. The average molecular weight is 288 g/mol. The molecule has 2 rings (SSSR count). The number of aryl methyl sites for hydroxylation is 2. The lowest BCUT2D eigenvalue weighted by atomic mass is 10.1. The summed E-state index contributed by atoms with van der Waals surface area (Å²) in [5.74, 6) is 4.83. The third-order valence-corrected chi connectivity index (χ3v) is 3.31. The number of amides is 1. The second-order valence-corrected chi connectivity index (χ2v) is 4.81. The van der Waals surface area contributed by atoms with Gasteiger partial charge in [-0.3, -0.25) is 10.2 Å². The molecule has 0 radical (unpaired) electrons. The maximum atomic E-state index is 13.7. The molecule has 1 amide bonds. The second-order valence-electron chi connectivity index (χ2n) is 4.81. The van der Waals surface area contributed by atoms with Crippen molar-refractivity contribution in [2.75, 3.05) is 0 Å². The minimum absolute atomic E-state index is 0.0417. The van der Waals surface area contributed by atoms with E-state index in [0.717, 1.165) is 11.1 Å². The fourth-order valence-corrected chi connectivity index (χ4v) is 1.87. The highest BCUT2D eigenvalue weighted by Gasteiger charge is 2.09. The Hall–Kier alpha value is -2.40. The number of rotatable bonds is 4. The number of hydrogen-bond acceptors (Lipinski definition) is 3. The van der Waals surface area contributed by atoms with Gasteiger partial charge in [0.25, 0.3) is 5.91 Å². The van der Waals surface area contributed by atoms with Crippen LogP contribution >= 0.6 is 0 Å². The van der Waals surface area contributed by atoms with Crippen LogP contribution < -0.4 is 16.0 Å². The van der Waals surface area contributed by atoms with E-state index in [1.165, 1.54) is 18.2 Å². The summed E-state index contributed by atoms with van der Waals surface area (Å²) in [4.78, 5) is 11.4. The summed E-state index contributed by atoms with van der Waals surface area (Å²) in [5, 5.41) is 0. The summed E-state index contributed by atoms with van der Waals surface area (Å²) in [6, 6.07) is 9.69. The summed E-state index contributed by atoms with van der Waals surface area (Å²) in [7, 11) is 0. The van der Waals surface area contributed by atoms with E-state index >= 15 is 0 Å². The number of nitrogens with one attached hydrogen (secondary N) is 1. The lowest BCUT2D eigenvalue weighted by Gasteiger charge is -2.10. The Morgan fingerprint density at radius 2 is 1.95 bits per heavy atom. The molecule has 0 aliphatic rings. The quantitative estimate of drug-likeness (QED) is 0.516. The number of hydrogen-bond donors (Lipinski definition) is 2. The largest absolute Gasteiger partial charge is 0.489 e. The number of halogens is 1. The molecule has 21 heavy (non-hydrogen) atoms. The second kappa shape index (κ2) is 6.37. The van der Waals surface area contributed by atoms with Gasteiger partial charge in [-0.2, -0.15) is 0 Å². The molecule has 0 unspecified atom stereocenters. The summed E-state index contributed by atoms with van der Waals surface area (Å²) < 4.78 is 19.3. The predicted molar refractivity (Wildman–Crippen MR) is 78.3 cm³/mol. The zero-order chi connectivity index (χ0) is 15.4. The van der Waals surface area contributed by atoms with Gasteiger partial charge in [-0.25, -0.2) is 10.2 Å². The van der Waals surface area contributed by atoms with Gasteiger partial charge in [0.15, 0.2) is 0 Å². The van der Waals surface area contributed by atoms with Crippen molar-refractivity contribution in [2.24, 2.45) is 5.84 Å². The van der Waals surface area contributed by atoms with Gasteiger partial charge in [-0.15, -0.1) is 0 Å². The highest BCUT2D eigenvalue weighted by molar-refractivity contribution is 5.93. The molecule has 0 atom stereocenters. The molecular weight excluding hydrogens is 271 g/mol. The topological polar surface area (TPSA) is 64.3 Å². The lowest BCUT2D eigenvalue weighted by molar-refractivity contribution is 0.0953. The molecule has 0 aliphatic carbocycles. The van der Waals surface area contributed by atoms with Crippen LogP contribution in [0.3, 0.4) is 0 Å². The standard InChI is InChI=1S/C16H17FN2O2/c1-10-3-5-14(7-11(10)2)21-9-13-8-12(16(20)19-18)4-6-15(13)17/h3-8H,9,18H2,1-2H3,(H,19,20). The molecule has 0 aliphatic heterocycles. The maximum Gasteiger partial charge on any atom is 0.265 e. The van der Waals surface area contributed by atoms with Crippen LogP contribution in [-0.2, 0) is 6.61 Å². The van der Waals surface area contributed by atoms with Gasteiger partial charge in [0.05, 0.1) is 0 Å². The number of hydrazine groups is 1. The smallest absolute Gasteiger partial charge is 0.265 e. The molecule has 0 aromatic heterocycles. The predicted octanol–water partition coefficient (Wildman–Crippen LogP) is 2.63. The highest BCUT2D eigenvalue weighted by Crippen LogP contribution is 2.19. The van der Waals surface area contributed by atoms with Crippen LogP contribution in [-0.4, -0.2) is 5.91 Å². The Bertz CT molecular complexity index is 671. The van der Waals surface area contributed by atoms with Crippen molar-refractivity contribution in [1.29, 1.82) is 0 Å². The van der Waals surface area contributed by atoms with Crippen LogP contribution in [0, 0.1) is 19.7 Å². The van der Waals surface area contributed by atoms with Crippen molar-refractivity contribution in [1.82, 2.24) is 5.43 Å². The van der Waals surface area contributed by atoms with E-state index in [1.807, 2.05) is 37.5 Å². The van der Waals surface area contributed by atoms with E-state index in [2.05, 4.69) is 0 Å². The minimum atomic E-state index is -0.470. The van der Waals surface area contributed by atoms with E-state index in [0.29, 0.717) is 11.3 Å². The van der Waals surface area contributed by atoms with Gasteiger partial charge in [0.2, 0.25) is 0 Å². The first-order chi connectivity index (χ1) is 10.0. The first-order valence-corrected chi connectivity index (χ1v) is 6.50. The van der Waals surface area contributed by atoms with Crippen LogP contribution in [0.4, 0.5) is 4.39 Å². The first kappa shape index (κ1) is 15.0. The molecule has 0 fully saturated rings. The molecule has 3 N–H and O–H groups in total. The van der Waals surface area contributed by atoms with Gasteiger partial charge in [-0.1, -0.05) is 6.07 Å². The van der Waals surface area contributed by atoms with E-state index in [9.17, 15) is 9.18 Å². The number of carbonyl (C=O) groups is 1. The van der Waals surface area contributed by atoms with Gasteiger partial charge >= 0.3 is 0 Å². The molecule has 0 saturated carbocycles. The van der Waals surface area contributed by atoms with Crippen molar-refractivity contribution in [2.45, 2.75) is 20.5 Å². The fraction of sp³-hybridized carbons (Fsp3) is 0.188. The average Bonchev–Trinajstić information content (AvgIpc) is 2.49. The van der Waals surface area contributed by atoms with E-state index in [1.54, 1.807) is 0 Å². The van der Waals surface area contributed by atoms with Gasteiger partial charge in [0, 0.05) is 11.1 Å². The zero-order valence-corrected chi connectivity index (χ0v) is 11.9. The number of nitrogen functional groups attached to an aromatic ring is 1. The third kappa shape index (κ3) is 3.58. The van der Waals surface area contributed by atoms with Crippen LogP contribution in [0.15, 0.2) is 36.4 Å². The molecule has 5 heteroatoms. The molecule has 2 aromatic carbocycles. The van der Waals surface area contributed by atoms with Crippen molar-refractivity contribution in [3.8, 4) is 5.75 Å². The van der Waals surface area contributed by atoms with Crippen LogP contribution in [0.25, 0.3) is 0 Å². The molecular formula is C16H17FN2O2. The molecule has 2 aromatic rings. The van der Waals surface area contributed by atoms with Crippen molar-refractivity contribution in [3.05, 3.63) is 64.5 Å². The van der Waals surface area contributed by atoms with Gasteiger partial charge in [0.1, 0.15) is 18.2 Å². The van der Waals surface area contributed by atoms with Crippen LogP contribution in [0.2, 0.25) is 0 Å². The number of nitrogens with two attached hydrogens (primary N) is 1. The van der Waals surface area contributed by atoms with Crippen molar-refractivity contribution >= 4 is 5.91 Å². The van der Waals surface area contributed by atoms with E-state index in [-0.39, 0.29) is 12.2 Å². The molecule has 0 bridgehead atoms. The summed E-state index contributed by atoms with van der Waals surface area (Å²) in [6.45, 7) is 4.03.